The highest BCUT2D eigenvalue weighted by molar-refractivity contribution is 8.00. The van der Waals surface area contributed by atoms with Crippen LogP contribution in [0.2, 0.25) is 10.0 Å². The number of hydrogen-bond donors (Lipinski definition) is 3. The Balaban J connectivity index is 1.18. The van der Waals surface area contributed by atoms with Gasteiger partial charge >= 0.3 is 0 Å². The highest BCUT2D eigenvalue weighted by Crippen LogP contribution is 2.31. The van der Waals surface area contributed by atoms with E-state index in [2.05, 4.69) is 20.9 Å². The molecule has 0 saturated carbocycles. The summed E-state index contributed by atoms with van der Waals surface area (Å²) in [6, 6.07) is 28.0. The van der Waals surface area contributed by atoms with Gasteiger partial charge in [0.2, 0.25) is 5.91 Å². The predicted molar refractivity (Wildman–Crippen MR) is 187 cm³/mol. The highest BCUT2D eigenvalue weighted by Gasteiger charge is 2.16. The van der Waals surface area contributed by atoms with E-state index >= 15 is 0 Å². The Bertz CT molecular complexity index is 1880. The quantitative estimate of drug-likeness (QED) is 0.0952. The summed E-state index contributed by atoms with van der Waals surface area (Å²) in [7, 11) is 1.57. The van der Waals surface area contributed by atoms with E-state index < -0.39 is 11.8 Å². The molecule has 8 nitrogen and oxygen atoms in total. The van der Waals surface area contributed by atoms with E-state index in [-0.39, 0.29) is 17.4 Å². The van der Waals surface area contributed by atoms with Crippen LogP contribution in [0.1, 0.15) is 15.9 Å². The normalized spacial score (nSPS) is 11.1. The van der Waals surface area contributed by atoms with Crippen LogP contribution >= 0.6 is 46.3 Å². The molecule has 0 aliphatic heterocycles. The largest absolute Gasteiger partial charge is 0.497 e. The number of anilines is 2. The van der Waals surface area contributed by atoms with Gasteiger partial charge in [-0.2, -0.15) is 0 Å². The monoisotopic (exact) mass is 688 g/mol. The molecule has 232 valence electrons. The van der Waals surface area contributed by atoms with Crippen molar-refractivity contribution in [1.29, 1.82) is 0 Å². The van der Waals surface area contributed by atoms with Crippen LogP contribution in [-0.4, -0.2) is 35.6 Å². The average molecular weight is 690 g/mol. The molecule has 0 bridgehead atoms. The number of thiazole rings is 1. The van der Waals surface area contributed by atoms with Crippen molar-refractivity contribution in [2.75, 3.05) is 23.5 Å². The van der Waals surface area contributed by atoms with Gasteiger partial charge in [-0.15, -0.1) is 23.1 Å². The maximum absolute atomic E-state index is 13.3. The summed E-state index contributed by atoms with van der Waals surface area (Å²) >= 11 is 14.8. The van der Waals surface area contributed by atoms with E-state index in [1.165, 1.54) is 23.1 Å². The number of rotatable bonds is 11. The van der Waals surface area contributed by atoms with Gasteiger partial charge in [0.15, 0.2) is 5.13 Å². The van der Waals surface area contributed by atoms with Crippen molar-refractivity contribution in [3.8, 4) is 17.0 Å². The number of amides is 3. The minimum Gasteiger partial charge on any atom is -0.497 e. The molecule has 0 saturated heterocycles. The standard InChI is InChI=1S/C34H26Cl2N4O4S2/c1-44-25-12-7-21(8-13-25)17-29(38-32(42)22-5-3-2-4-6-22)33(43)37-24-10-14-26(15-11-24)45-20-31(41)40-34-39-30(19-46-34)23-9-16-27(35)28(36)18-23/h2-19H,20H2,1H3,(H,37,43)(H,38,42)(H,39,40,41)/b29-17-. The van der Waals surface area contributed by atoms with Crippen LogP contribution in [0.25, 0.3) is 17.3 Å². The van der Waals surface area contributed by atoms with E-state index in [4.69, 9.17) is 27.9 Å². The lowest BCUT2D eigenvalue weighted by atomic mass is 10.1. The Labute approximate surface area is 283 Å². The number of hydrogen-bond acceptors (Lipinski definition) is 7. The summed E-state index contributed by atoms with van der Waals surface area (Å²) in [5.74, 6) is -0.287. The molecule has 46 heavy (non-hydrogen) atoms. The van der Waals surface area contributed by atoms with Gasteiger partial charge in [-0.25, -0.2) is 4.98 Å². The van der Waals surface area contributed by atoms with Crippen LogP contribution in [-0.2, 0) is 9.59 Å². The fourth-order valence-electron chi connectivity index (χ4n) is 4.07. The molecule has 0 spiro atoms. The Hall–Kier alpha value is -4.61. The molecule has 0 aliphatic rings. The number of nitrogens with one attached hydrogen (secondary N) is 3. The molecule has 4 aromatic carbocycles. The lowest BCUT2D eigenvalue weighted by Gasteiger charge is -2.12. The Kier molecular flexibility index (Phi) is 11.1. The molecule has 12 heteroatoms. The first-order valence-electron chi connectivity index (χ1n) is 13.7. The van der Waals surface area contributed by atoms with Gasteiger partial charge < -0.3 is 20.7 Å². The first kappa shape index (κ1) is 32.8. The minimum atomic E-state index is -0.497. The van der Waals surface area contributed by atoms with Crippen molar-refractivity contribution in [1.82, 2.24) is 10.3 Å². The third kappa shape index (κ3) is 8.98. The molecule has 0 atom stereocenters. The lowest BCUT2D eigenvalue weighted by Crippen LogP contribution is -2.30. The maximum Gasteiger partial charge on any atom is 0.272 e. The summed E-state index contributed by atoms with van der Waals surface area (Å²) in [6.45, 7) is 0. The van der Waals surface area contributed by atoms with Gasteiger partial charge in [0.05, 0.1) is 28.6 Å². The molecular weight excluding hydrogens is 663 g/mol. The predicted octanol–water partition coefficient (Wildman–Crippen LogP) is 8.27. The van der Waals surface area contributed by atoms with Crippen LogP contribution in [0.3, 0.4) is 0 Å². The molecular formula is C34H26Cl2N4O4S2. The van der Waals surface area contributed by atoms with E-state index in [0.29, 0.717) is 43.4 Å². The first-order chi connectivity index (χ1) is 22.3. The van der Waals surface area contributed by atoms with Crippen molar-refractivity contribution in [3.05, 3.63) is 129 Å². The van der Waals surface area contributed by atoms with E-state index in [0.717, 1.165) is 10.5 Å². The zero-order chi connectivity index (χ0) is 32.5. The second-order valence-corrected chi connectivity index (χ2v) is 12.4. The van der Waals surface area contributed by atoms with Crippen LogP contribution < -0.4 is 20.7 Å². The van der Waals surface area contributed by atoms with Crippen LogP contribution in [0.15, 0.2) is 113 Å². The second kappa shape index (κ2) is 15.6. The average Bonchev–Trinajstić information content (AvgIpc) is 3.54. The highest BCUT2D eigenvalue weighted by atomic mass is 35.5. The molecule has 5 aromatic rings. The number of halogens is 2. The number of ether oxygens (including phenoxy) is 1. The van der Waals surface area contributed by atoms with Gasteiger partial charge in [0.25, 0.3) is 11.8 Å². The summed E-state index contributed by atoms with van der Waals surface area (Å²) in [5, 5.41) is 11.6. The second-order valence-electron chi connectivity index (χ2n) is 9.63. The van der Waals surface area contributed by atoms with Crippen molar-refractivity contribution in [2.45, 2.75) is 4.90 Å². The van der Waals surface area contributed by atoms with Gasteiger partial charge in [0.1, 0.15) is 11.4 Å². The third-order valence-corrected chi connectivity index (χ3v) is 8.91. The molecule has 0 radical (unpaired) electrons. The van der Waals surface area contributed by atoms with E-state index in [1.807, 2.05) is 17.5 Å². The fourth-order valence-corrected chi connectivity index (χ4v) is 5.80. The number of nitrogens with zero attached hydrogens (tertiary/aromatic N) is 1. The SMILES string of the molecule is COc1ccc(/C=C(\NC(=O)c2ccccc2)C(=O)Nc2ccc(SCC(=O)Nc3nc(-c4ccc(Cl)c(Cl)c4)cs3)cc2)cc1. The van der Waals surface area contributed by atoms with Gasteiger partial charge in [-0.1, -0.05) is 59.6 Å². The molecule has 0 unspecified atom stereocenters. The third-order valence-electron chi connectivity index (χ3n) is 6.40. The summed E-state index contributed by atoms with van der Waals surface area (Å²) in [6.07, 6.45) is 1.59. The maximum atomic E-state index is 13.3. The zero-order valence-corrected chi connectivity index (χ0v) is 27.4. The molecule has 5 rings (SSSR count). The van der Waals surface area contributed by atoms with Gasteiger partial charge in [-0.3, -0.25) is 14.4 Å². The summed E-state index contributed by atoms with van der Waals surface area (Å²) < 4.78 is 5.21. The Morgan fingerprint density at radius 3 is 2.33 bits per heavy atom. The fraction of sp³-hybridized carbons (Fsp3) is 0.0588. The molecule has 0 aliphatic carbocycles. The lowest BCUT2D eigenvalue weighted by molar-refractivity contribution is -0.114. The van der Waals surface area contributed by atoms with Crippen molar-refractivity contribution in [2.24, 2.45) is 0 Å². The van der Waals surface area contributed by atoms with Crippen LogP contribution in [0.5, 0.6) is 5.75 Å². The van der Waals surface area contributed by atoms with Crippen LogP contribution in [0, 0.1) is 0 Å². The minimum absolute atomic E-state index is 0.0682. The number of benzene rings is 4. The molecule has 3 amide bonds. The number of carbonyl (C=O) groups is 3. The number of thioether (sulfide) groups is 1. The molecule has 3 N–H and O–H groups in total. The summed E-state index contributed by atoms with van der Waals surface area (Å²) in [5.41, 5.74) is 3.20. The van der Waals surface area contributed by atoms with Gasteiger partial charge in [-0.05, 0) is 72.3 Å². The van der Waals surface area contributed by atoms with Crippen molar-refractivity contribution < 1.29 is 19.1 Å². The molecule has 1 aromatic heterocycles. The Morgan fingerprint density at radius 1 is 0.891 bits per heavy atom. The summed E-state index contributed by atoms with van der Waals surface area (Å²) in [4.78, 5) is 44.1. The van der Waals surface area contributed by atoms with E-state index in [9.17, 15) is 14.4 Å². The van der Waals surface area contributed by atoms with Crippen molar-refractivity contribution >= 4 is 80.9 Å². The number of aromatic nitrogens is 1. The van der Waals surface area contributed by atoms with Crippen molar-refractivity contribution in [3.63, 3.8) is 0 Å². The Morgan fingerprint density at radius 2 is 1.63 bits per heavy atom. The molecule has 0 fully saturated rings. The smallest absolute Gasteiger partial charge is 0.272 e. The van der Waals surface area contributed by atoms with Gasteiger partial charge in [0, 0.05) is 27.1 Å². The number of methoxy groups -OCH3 is 1. The molecule has 1 heterocycles. The zero-order valence-electron chi connectivity index (χ0n) is 24.3. The first-order valence-corrected chi connectivity index (χ1v) is 16.4. The number of carbonyl (C=O) groups excluding carboxylic acids is 3. The topological polar surface area (TPSA) is 109 Å². The van der Waals surface area contributed by atoms with Crippen LogP contribution in [0.4, 0.5) is 10.8 Å². The van der Waals surface area contributed by atoms with E-state index in [1.54, 1.807) is 98.1 Å².